The maximum absolute atomic E-state index is 5.94. The SMILES string of the molecule is CN(c1ccnc2c(N)cccc12)C1CC1. The lowest BCUT2D eigenvalue weighted by Gasteiger charge is -2.20. The molecule has 3 heteroatoms. The van der Waals surface area contributed by atoms with Gasteiger partial charge in [-0.3, -0.25) is 4.98 Å². The number of nitrogens with two attached hydrogens (primary N) is 1. The average molecular weight is 213 g/mol. The van der Waals surface area contributed by atoms with Crippen molar-refractivity contribution in [1.29, 1.82) is 0 Å². The minimum absolute atomic E-state index is 0.701. The summed E-state index contributed by atoms with van der Waals surface area (Å²) < 4.78 is 0. The molecule has 0 amide bonds. The third kappa shape index (κ3) is 1.40. The summed E-state index contributed by atoms with van der Waals surface area (Å²) >= 11 is 0. The molecule has 2 N–H and O–H groups in total. The van der Waals surface area contributed by atoms with Crippen molar-refractivity contribution < 1.29 is 0 Å². The molecule has 3 rings (SSSR count). The fourth-order valence-electron chi connectivity index (χ4n) is 2.15. The second-order valence-electron chi connectivity index (χ2n) is 4.42. The minimum Gasteiger partial charge on any atom is -0.397 e. The molecule has 1 saturated carbocycles. The molecule has 1 heterocycles. The van der Waals surface area contributed by atoms with Gasteiger partial charge in [0.1, 0.15) is 0 Å². The molecule has 0 bridgehead atoms. The topological polar surface area (TPSA) is 42.2 Å². The summed E-state index contributed by atoms with van der Waals surface area (Å²) in [7, 11) is 2.15. The molecular formula is C13H15N3. The lowest BCUT2D eigenvalue weighted by molar-refractivity contribution is 0.921. The van der Waals surface area contributed by atoms with Gasteiger partial charge in [0, 0.05) is 30.4 Å². The number of aromatic nitrogens is 1. The Morgan fingerprint density at radius 3 is 2.88 bits per heavy atom. The summed E-state index contributed by atoms with van der Waals surface area (Å²) in [5, 5.41) is 1.15. The van der Waals surface area contributed by atoms with Crippen molar-refractivity contribution in [1.82, 2.24) is 4.98 Å². The van der Waals surface area contributed by atoms with Crippen LogP contribution in [0.4, 0.5) is 11.4 Å². The number of benzene rings is 1. The van der Waals surface area contributed by atoms with Gasteiger partial charge >= 0.3 is 0 Å². The summed E-state index contributed by atoms with van der Waals surface area (Å²) in [4.78, 5) is 6.69. The number of hydrogen-bond acceptors (Lipinski definition) is 3. The highest BCUT2D eigenvalue weighted by atomic mass is 15.2. The van der Waals surface area contributed by atoms with E-state index in [0.717, 1.165) is 16.6 Å². The van der Waals surface area contributed by atoms with Crippen LogP contribution in [0, 0.1) is 0 Å². The predicted molar refractivity (Wildman–Crippen MR) is 67.6 cm³/mol. The van der Waals surface area contributed by atoms with Crippen LogP contribution in [0.2, 0.25) is 0 Å². The number of hydrogen-bond donors (Lipinski definition) is 1. The van der Waals surface area contributed by atoms with E-state index in [1.807, 2.05) is 18.3 Å². The molecule has 1 aliphatic rings. The second kappa shape index (κ2) is 3.37. The van der Waals surface area contributed by atoms with E-state index in [2.05, 4.69) is 29.1 Å². The smallest absolute Gasteiger partial charge is 0.0951 e. The molecule has 1 aliphatic carbocycles. The first kappa shape index (κ1) is 9.46. The Labute approximate surface area is 94.9 Å². The average Bonchev–Trinajstić information content (AvgIpc) is 3.12. The Bertz CT molecular complexity index is 532. The first-order valence-corrected chi connectivity index (χ1v) is 5.63. The maximum Gasteiger partial charge on any atom is 0.0951 e. The predicted octanol–water partition coefficient (Wildman–Crippen LogP) is 2.42. The molecule has 0 saturated heterocycles. The van der Waals surface area contributed by atoms with Gasteiger partial charge in [0.2, 0.25) is 0 Å². The summed E-state index contributed by atoms with van der Waals surface area (Å²) in [5.41, 5.74) is 8.83. The second-order valence-corrected chi connectivity index (χ2v) is 4.42. The number of fused-ring (bicyclic) bond motifs is 1. The standard InChI is InChI=1S/C13H15N3/c1-16(9-5-6-9)12-7-8-15-13-10(12)3-2-4-11(13)14/h2-4,7-9H,5-6,14H2,1H3. The Morgan fingerprint density at radius 1 is 1.31 bits per heavy atom. The van der Waals surface area contributed by atoms with Crippen LogP contribution >= 0.6 is 0 Å². The van der Waals surface area contributed by atoms with Crippen molar-refractivity contribution in [3.63, 3.8) is 0 Å². The van der Waals surface area contributed by atoms with Crippen molar-refractivity contribution >= 4 is 22.3 Å². The molecule has 0 atom stereocenters. The van der Waals surface area contributed by atoms with E-state index in [-0.39, 0.29) is 0 Å². The largest absolute Gasteiger partial charge is 0.397 e. The van der Waals surface area contributed by atoms with Crippen molar-refractivity contribution in [2.75, 3.05) is 17.7 Å². The van der Waals surface area contributed by atoms with Crippen molar-refractivity contribution in [3.8, 4) is 0 Å². The van der Waals surface area contributed by atoms with Crippen molar-refractivity contribution in [2.45, 2.75) is 18.9 Å². The number of pyridine rings is 1. The van der Waals surface area contributed by atoms with Gasteiger partial charge in [-0.05, 0) is 25.0 Å². The first-order valence-electron chi connectivity index (χ1n) is 5.63. The molecule has 1 fully saturated rings. The molecule has 3 nitrogen and oxygen atoms in total. The molecule has 1 aromatic heterocycles. The number of para-hydroxylation sites is 1. The van der Waals surface area contributed by atoms with Gasteiger partial charge in [0.25, 0.3) is 0 Å². The minimum atomic E-state index is 0.701. The van der Waals surface area contributed by atoms with Crippen molar-refractivity contribution in [2.24, 2.45) is 0 Å². The van der Waals surface area contributed by atoms with E-state index in [1.165, 1.54) is 18.5 Å². The van der Waals surface area contributed by atoms with Crippen LogP contribution in [-0.4, -0.2) is 18.1 Å². The zero-order valence-electron chi connectivity index (χ0n) is 9.35. The summed E-state index contributed by atoms with van der Waals surface area (Å²) in [6.45, 7) is 0. The fourth-order valence-corrected chi connectivity index (χ4v) is 2.15. The molecule has 0 aliphatic heterocycles. The van der Waals surface area contributed by atoms with Gasteiger partial charge in [-0.15, -0.1) is 0 Å². The Kier molecular flexibility index (Phi) is 1.99. The van der Waals surface area contributed by atoms with Crippen LogP contribution in [0.25, 0.3) is 10.9 Å². The zero-order valence-corrected chi connectivity index (χ0v) is 9.35. The monoisotopic (exact) mass is 213 g/mol. The third-order valence-electron chi connectivity index (χ3n) is 3.25. The molecule has 0 unspecified atom stereocenters. The lowest BCUT2D eigenvalue weighted by atomic mass is 10.1. The highest BCUT2D eigenvalue weighted by Gasteiger charge is 2.27. The lowest BCUT2D eigenvalue weighted by Crippen LogP contribution is -2.19. The van der Waals surface area contributed by atoms with Crippen LogP contribution < -0.4 is 10.6 Å². The highest BCUT2D eigenvalue weighted by molar-refractivity contribution is 5.98. The van der Waals surface area contributed by atoms with Crippen LogP contribution in [-0.2, 0) is 0 Å². The number of nitrogens with zero attached hydrogens (tertiary/aromatic N) is 2. The van der Waals surface area contributed by atoms with Gasteiger partial charge in [0.05, 0.1) is 11.2 Å². The number of rotatable bonds is 2. The van der Waals surface area contributed by atoms with Crippen LogP contribution in [0.1, 0.15) is 12.8 Å². The van der Waals surface area contributed by atoms with Crippen LogP contribution in [0.3, 0.4) is 0 Å². The molecule has 16 heavy (non-hydrogen) atoms. The van der Waals surface area contributed by atoms with E-state index in [9.17, 15) is 0 Å². The molecular weight excluding hydrogens is 198 g/mol. The van der Waals surface area contributed by atoms with Gasteiger partial charge in [0.15, 0.2) is 0 Å². The quantitative estimate of drug-likeness (QED) is 0.779. The number of nitrogen functional groups attached to an aromatic ring is 1. The summed E-state index contributed by atoms with van der Waals surface area (Å²) in [5.74, 6) is 0. The molecule has 0 spiro atoms. The molecule has 0 radical (unpaired) electrons. The third-order valence-corrected chi connectivity index (χ3v) is 3.25. The van der Waals surface area contributed by atoms with E-state index in [4.69, 9.17) is 5.73 Å². The van der Waals surface area contributed by atoms with Gasteiger partial charge < -0.3 is 10.6 Å². The molecule has 82 valence electrons. The Balaban J connectivity index is 2.20. The Hall–Kier alpha value is -1.77. The first-order chi connectivity index (χ1) is 7.77. The summed E-state index contributed by atoms with van der Waals surface area (Å²) in [6.07, 6.45) is 4.43. The molecule has 2 aromatic rings. The molecule has 1 aromatic carbocycles. The van der Waals surface area contributed by atoms with E-state index >= 15 is 0 Å². The normalized spacial score (nSPS) is 15.3. The Morgan fingerprint density at radius 2 is 2.12 bits per heavy atom. The number of anilines is 2. The van der Waals surface area contributed by atoms with Gasteiger partial charge in [-0.2, -0.15) is 0 Å². The van der Waals surface area contributed by atoms with Crippen LogP contribution in [0.5, 0.6) is 0 Å². The zero-order chi connectivity index (χ0) is 11.1. The van der Waals surface area contributed by atoms with E-state index in [0.29, 0.717) is 6.04 Å². The van der Waals surface area contributed by atoms with Crippen molar-refractivity contribution in [3.05, 3.63) is 30.5 Å². The van der Waals surface area contributed by atoms with Crippen LogP contribution in [0.15, 0.2) is 30.5 Å². The summed E-state index contributed by atoms with van der Waals surface area (Å²) in [6, 6.07) is 8.75. The van der Waals surface area contributed by atoms with E-state index in [1.54, 1.807) is 0 Å². The van der Waals surface area contributed by atoms with Gasteiger partial charge in [-0.25, -0.2) is 0 Å². The highest BCUT2D eigenvalue weighted by Crippen LogP contribution is 2.34. The maximum atomic E-state index is 5.94. The van der Waals surface area contributed by atoms with Gasteiger partial charge in [-0.1, -0.05) is 12.1 Å². The fraction of sp³-hybridized carbons (Fsp3) is 0.308. The van der Waals surface area contributed by atoms with E-state index < -0.39 is 0 Å².